The highest BCUT2D eigenvalue weighted by atomic mass is 32.1. The van der Waals surface area contributed by atoms with Gasteiger partial charge in [0.2, 0.25) is 0 Å². The minimum Gasteiger partial charge on any atom is -0.344 e. The quantitative estimate of drug-likeness (QED) is 0.718. The van der Waals surface area contributed by atoms with Crippen LogP contribution >= 0.6 is 12.2 Å². The van der Waals surface area contributed by atoms with Crippen LogP contribution in [0.3, 0.4) is 0 Å². The number of nitrogens with one attached hydrogen (secondary N) is 2. The van der Waals surface area contributed by atoms with Gasteiger partial charge in [-0.25, -0.2) is 0 Å². The molecule has 6 nitrogen and oxygen atoms in total. The van der Waals surface area contributed by atoms with Crippen LogP contribution in [-0.2, 0) is 7.05 Å². The number of carbonyl (C=O) groups excluding carboxylic acids is 1. The second-order valence-corrected chi connectivity index (χ2v) is 5.89. The first-order valence-electron chi connectivity index (χ1n) is 7.42. The number of pyridine rings is 1. The maximum Gasteiger partial charge on any atom is 0.261 e. The van der Waals surface area contributed by atoms with Gasteiger partial charge in [0.25, 0.3) is 11.5 Å². The second-order valence-electron chi connectivity index (χ2n) is 5.50. The molecule has 122 valence electrons. The molecule has 2 heterocycles. The molecule has 0 spiro atoms. The number of benzene rings is 1. The van der Waals surface area contributed by atoms with Crippen molar-refractivity contribution in [2.24, 2.45) is 7.05 Å². The van der Waals surface area contributed by atoms with Crippen LogP contribution in [0.1, 0.15) is 29.0 Å². The summed E-state index contributed by atoms with van der Waals surface area (Å²) in [6.07, 6.45) is 1.68. The number of rotatable bonds is 3. The van der Waals surface area contributed by atoms with Crippen LogP contribution in [-0.4, -0.2) is 20.4 Å². The van der Waals surface area contributed by atoms with E-state index in [1.807, 2.05) is 25.1 Å². The molecule has 24 heavy (non-hydrogen) atoms. The Morgan fingerprint density at radius 1 is 1.33 bits per heavy atom. The molecular weight excluding hydrogens is 324 g/mol. The van der Waals surface area contributed by atoms with Crippen LogP contribution in [0.2, 0.25) is 0 Å². The molecule has 1 aromatic carbocycles. The van der Waals surface area contributed by atoms with Crippen LogP contribution in [0.25, 0.3) is 10.9 Å². The van der Waals surface area contributed by atoms with Crippen molar-refractivity contribution in [3.8, 4) is 0 Å². The first kappa shape index (κ1) is 16.1. The number of hydrogen-bond acceptors (Lipinski definition) is 4. The van der Waals surface area contributed by atoms with Gasteiger partial charge in [-0.3, -0.25) is 19.1 Å². The van der Waals surface area contributed by atoms with Gasteiger partial charge in [-0.1, -0.05) is 6.07 Å². The van der Waals surface area contributed by atoms with E-state index in [0.717, 1.165) is 5.69 Å². The first-order chi connectivity index (χ1) is 11.5. The van der Waals surface area contributed by atoms with Crippen molar-refractivity contribution in [3.63, 3.8) is 0 Å². The lowest BCUT2D eigenvalue weighted by Gasteiger charge is -2.13. The van der Waals surface area contributed by atoms with Crippen molar-refractivity contribution in [1.82, 2.24) is 19.9 Å². The largest absolute Gasteiger partial charge is 0.344 e. The lowest BCUT2D eigenvalue weighted by Crippen LogP contribution is -2.27. The lowest BCUT2D eigenvalue weighted by atomic mass is 10.1. The Bertz CT molecular complexity index is 1020. The number of aromatic nitrogens is 3. The molecule has 0 aliphatic rings. The Kier molecular flexibility index (Phi) is 4.26. The van der Waals surface area contributed by atoms with Gasteiger partial charge in [-0.15, -0.1) is 0 Å². The number of fused-ring (bicyclic) bond motifs is 1. The first-order valence-corrected chi connectivity index (χ1v) is 7.83. The van der Waals surface area contributed by atoms with E-state index >= 15 is 0 Å². The fraction of sp³-hybridized carbons (Fsp3) is 0.176. The molecule has 0 saturated carbocycles. The number of H-pyrrole nitrogens is 1. The normalized spacial score (nSPS) is 12.1. The molecule has 1 atom stereocenters. The molecule has 1 unspecified atom stereocenters. The summed E-state index contributed by atoms with van der Waals surface area (Å²) in [6.45, 7) is 1.87. The number of hydrogen-bond donors (Lipinski definition) is 2. The highest BCUT2D eigenvalue weighted by Crippen LogP contribution is 2.13. The second kappa shape index (κ2) is 6.37. The molecule has 3 rings (SSSR count). The van der Waals surface area contributed by atoms with E-state index in [1.54, 1.807) is 31.4 Å². The molecule has 0 aliphatic carbocycles. The van der Waals surface area contributed by atoms with Gasteiger partial charge in [-0.05, 0) is 49.5 Å². The van der Waals surface area contributed by atoms with Crippen molar-refractivity contribution in [3.05, 3.63) is 69.0 Å². The van der Waals surface area contributed by atoms with Gasteiger partial charge >= 0.3 is 0 Å². The SMILES string of the molecule is CC(NC(=O)c1ccc2c(=O)n(C)c(=S)[nH]c2c1)c1ccccn1. The third-order valence-electron chi connectivity index (χ3n) is 3.84. The van der Waals surface area contributed by atoms with Crippen molar-refractivity contribution >= 4 is 29.0 Å². The van der Waals surface area contributed by atoms with E-state index in [9.17, 15) is 9.59 Å². The average molecular weight is 340 g/mol. The minimum absolute atomic E-state index is 0.192. The van der Waals surface area contributed by atoms with E-state index in [4.69, 9.17) is 12.2 Å². The zero-order chi connectivity index (χ0) is 17.3. The molecule has 2 aromatic heterocycles. The summed E-state index contributed by atoms with van der Waals surface area (Å²) in [5, 5.41) is 3.38. The van der Waals surface area contributed by atoms with Gasteiger partial charge in [0.05, 0.1) is 22.6 Å². The molecule has 2 N–H and O–H groups in total. The van der Waals surface area contributed by atoms with E-state index in [1.165, 1.54) is 4.57 Å². The molecule has 1 amide bonds. The fourth-order valence-corrected chi connectivity index (χ4v) is 2.63. The molecule has 0 bridgehead atoms. The molecule has 7 heteroatoms. The summed E-state index contributed by atoms with van der Waals surface area (Å²) in [4.78, 5) is 31.8. The summed E-state index contributed by atoms with van der Waals surface area (Å²) in [5.41, 5.74) is 1.58. The van der Waals surface area contributed by atoms with E-state index in [0.29, 0.717) is 21.2 Å². The standard InChI is InChI=1S/C17H16N4O2S/c1-10(13-5-3-4-8-18-13)19-15(22)11-6-7-12-14(9-11)20-17(24)21(2)16(12)23/h3-10H,1-2H3,(H,19,22)(H,20,24). The highest BCUT2D eigenvalue weighted by Gasteiger charge is 2.13. The number of carbonyl (C=O) groups is 1. The molecule has 0 radical (unpaired) electrons. The molecule has 3 aromatic rings. The zero-order valence-electron chi connectivity index (χ0n) is 13.2. The predicted octanol–water partition coefficient (Wildman–Crippen LogP) is 2.48. The highest BCUT2D eigenvalue weighted by molar-refractivity contribution is 7.71. The van der Waals surface area contributed by atoms with Crippen molar-refractivity contribution in [1.29, 1.82) is 0 Å². The van der Waals surface area contributed by atoms with Crippen LogP contribution in [0, 0.1) is 4.77 Å². The minimum atomic E-state index is -0.241. The monoisotopic (exact) mass is 340 g/mol. The smallest absolute Gasteiger partial charge is 0.261 e. The topological polar surface area (TPSA) is 79.8 Å². The Morgan fingerprint density at radius 3 is 2.83 bits per heavy atom. The van der Waals surface area contributed by atoms with Crippen LogP contribution in [0.15, 0.2) is 47.4 Å². The predicted molar refractivity (Wildman–Crippen MR) is 94.5 cm³/mol. The molecule has 0 fully saturated rings. The Hall–Kier alpha value is -2.80. The third kappa shape index (κ3) is 2.98. The molecule has 0 saturated heterocycles. The van der Waals surface area contributed by atoms with Gasteiger partial charge in [0, 0.05) is 18.8 Å². The van der Waals surface area contributed by atoms with E-state index in [-0.39, 0.29) is 17.5 Å². The Balaban J connectivity index is 1.92. The Morgan fingerprint density at radius 2 is 2.12 bits per heavy atom. The van der Waals surface area contributed by atoms with Crippen LogP contribution in [0.4, 0.5) is 0 Å². The summed E-state index contributed by atoms with van der Waals surface area (Å²) in [6, 6.07) is 10.2. The van der Waals surface area contributed by atoms with E-state index in [2.05, 4.69) is 15.3 Å². The van der Waals surface area contributed by atoms with Crippen LogP contribution in [0.5, 0.6) is 0 Å². The van der Waals surface area contributed by atoms with Crippen molar-refractivity contribution in [2.75, 3.05) is 0 Å². The van der Waals surface area contributed by atoms with Gasteiger partial charge in [-0.2, -0.15) is 0 Å². The maximum atomic E-state index is 12.4. The Labute approximate surface area is 143 Å². The maximum absolute atomic E-state index is 12.4. The lowest BCUT2D eigenvalue weighted by molar-refractivity contribution is 0.0939. The molecule has 0 aliphatic heterocycles. The number of amides is 1. The van der Waals surface area contributed by atoms with Crippen molar-refractivity contribution < 1.29 is 4.79 Å². The zero-order valence-corrected chi connectivity index (χ0v) is 14.1. The fourth-order valence-electron chi connectivity index (χ4n) is 2.43. The summed E-state index contributed by atoms with van der Waals surface area (Å²) < 4.78 is 1.67. The summed E-state index contributed by atoms with van der Waals surface area (Å²) >= 11 is 5.11. The van der Waals surface area contributed by atoms with Gasteiger partial charge in [0.1, 0.15) is 0 Å². The van der Waals surface area contributed by atoms with Gasteiger partial charge < -0.3 is 10.3 Å². The third-order valence-corrected chi connectivity index (χ3v) is 4.22. The summed E-state index contributed by atoms with van der Waals surface area (Å²) in [7, 11) is 1.61. The van der Waals surface area contributed by atoms with Gasteiger partial charge in [0.15, 0.2) is 4.77 Å². The molecular formula is C17H16N4O2S. The van der Waals surface area contributed by atoms with Crippen molar-refractivity contribution in [2.45, 2.75) is 13.0 Å². The number of aromatic amines is 1. The van der Waals surface area contributed by atoms with E-state index < -0.39 is 0 Å². The average Bonchev–Trinajstić information content (AvgIpc) is 2.60. The number of nitrogens with zero attached hydrogens (tertiary/aromatic N) is 2. The summed E-state index contributed by atoms with van der Waals surface area (Å²) in [5.74, 6) is -0.241. The van der Waals surface area contributed by atoms with Crippen LogP contribution < -0.4 is 10.9 Å².